The Kier molecular flexibility index (Phi) is 4.95. The van der Waals surface area contributed by atoms with Crippen LogP contribution < -0.4 is 11.1 Å². The Hall–Kier alpha value is -0.610. The molecule has 3 atom stereocenters. The van der Waals surface area contributed by atoms with E-state index >= 15 is 0 Å². The molecule has 1 aliphatic rings. The molecule has 4 nitrogen and oxygen atoms in total. The summed E-state index contributed by atoms with van der Waals surface area (Å²) in [5, 5.41) is 3.12. The topological polar surface area (TPSA) is 58.4 Å². The lowest BCUT2D eigenvalue weighted by Crippen LogP contribution is -2.57. The normalized spacial score (nSPS) is 29.7. The van der Waals surface area contributed by atoms with Crippen molar-refractivity contribution in [3.63, 3.8) is 0 Å². The quantitative estimate of drug-likeness (QED) is 0.771. The van der Waals surface area contributed by atoms with Crippen LogP contribution in [0.2, 0.25) is 0 Å². The van der Waals surface area contributed by atoms with E-state index in [9.17, 15) is 4.79 Å². The number of nitrogens with zero attached hydrogens (tertiary/aromatic N) is 1. The first-order valence-electron chi connectivity index (χ1n) is 6.65. The second-order valence-corrected chi connectivity index (χ2v) is 5.78. The summed E-state index contributed by atoms with van der Waals surface area (Å²) in [6.45, 7) is 8.15. The Bertz CT molecular complexity index is 265. The number of piperidine rings is 1. The van der Waals surface area contributed by atoms with Crippen LogP contribution in [0.4, 0.5) is 0 Å². The van der Waals surface area contributed by atoms with Gasteiger partial charge in [0.1, 0.15) is 0 Å². The number of nitrogens with two attached hydrogens (primary N) is 1. The average Bonchev–Trinajstić information content (AvgIpc) is 2.22. The van der Waals surface area contributed by atoms with Gasteiger partial charge in [-0.1, -0.05) is 20.3 Å². The maximum atomic E-state index is 12.1. The fourth-order valence-corrected chi connectivity index (χ4v) is 2.53. The fourth-order valence-electron chi connectivity index (χ4n) is 2.53. The van der Waals surface area contributed by atoms with Gasteiger partial charge in [-0.05, 0) is 39.3 Å². The summed E-state index contributed by atoms with van der Waals surface area (Å²) < 4.78 is 0. The van der Waals surface area contributed by atoms with Crippen molar-refractivity contribution in [3.8, 4) is 0 Å². The number of hydrogen-bond acceptors (Lipinski definition) is 3. The van der Waals surface area contributed by atoms with E-state index in [4.69, 9.17) is 5.73 Å². The van der Waals surface area contributed by atoms with Gasteiger partial charge in [-0.2, -0.15) is 0 Å². The number of hydrogen-bond donors (Lipinski definition) is 2. The lowest BCUT2D eigenvalue weighted by atomic mass is 9.91. The highest BCUT2D eigenvalue weighted by molar-refractivity contribution is 5.85. The second-order valence-electron chi connectivity index (χ2n) is 5.78. The van der Waals surface area contributed by atoms with Gasteiger partial charge in [0, 0.05) is 12.6 Å². The van der Waals surface area contributed by atoms with Crippen LogP contribution in [0.1, 0.15) is 40.0 Å². The molecule has 100 valence electrons. The number of rotatable bonds is 4. The van der Waals surface area contributed by atoms with Crippen molar-refractivity contribution >= 4 is 5.91 Å². The molecule has 0 aromatic carbocycles. The third kappa shape index (κ3) is 3.96. The molecule has 3 unspecified atom stereocenters. The lowest BCUT2D eigenvalue weighted by molar-refractivity contribution is -0.127. The van der Waals surface area contributed by atoms with Gasteiger partial charge in [-0.15, -0.1) is 0 Å². The van der Waals surface area contributed by atoms with Gasteiger partial charge in [0.2, 0.25) is 5.91 Å². The summed E-state index contributed by atoms with van der Waals surface area (Å²) >= 11 is 0. The Balaban J connectivity index is 2.51. The second kappa shape index (κ2) is 5.83. The van der Waals surface area contributed by atoms with E-state index in [2.05, 4.69) is 31.1 Å². The van der Waals surface area contributed by atoms with Gasteiger partial charge in [-0.25, -0.2) is 0 Å². The molecule has 1 rings (SSSR count). The summed E-state index contributed by atoms with van der Waals surface area (Å²) in [5.41, 5.74) is 5.31. The Morgan fingerprint density at radius 1 is 1.59 bits per heavy atom. The number of carbonyl (C=O) groups excluding carboxylic acids is 1. The van der Waals surface area contributed by atoms with E-state index in [1.165, 1.54) is 0 Å². The first kappa shape index (κ1) is 14.5. The van der Waals surface area contributed by atoms with Gasteiger partial charge in [-0.3, -0.25) is 4.79 Å². The molecule has 0 aromatic rings. The van der Waals surface area contributed by atoms with Crippen LogP contribution in [0, 0.1) is 5.92 Å². The standard InChI is InChI=1S/C13H27N3O/c1-5-7-13(3,14)12(17)15-11-6-8-16(4)9-10(11)2/h10-11H,5-9,14H2,1-4H3,(H,15,17). The lowest BCUT2D eigenvalue weighted by Gasteiger charge is -2.37. The molecule has 1 fully saturated rings. The van der Waals surface area contributed by atoms with Crippen LogP contribution in [0.25, 0.3) is 0 Å². The van der Waals surface area contributed by atoms with Crippen molar-refractivity contribution in [1.82, 2.24) is 10.2 Å². The first-order valence-corrected chi connectivity index (χ1v) is 6.65. The zero-order valence-corrected chi connectivity index (χ0v) is 11.6. The largest absolute Gasteiger partial charge is 0.351 e. The molecule has 0 aromatic heterocycles. The number of likely N-dealkylation sites (tertiary alicyclic amines) is 1. The van der Waals surface area contributed by atoms with E-state index in [0.717, 1.165) is 32.4 Å². The first-order chi connectivity index (χ1) is 7.86. The van der Waals surface area contributed by atoms with Crippen LogP contribution in [-0.2, 0) is 4.79 Å². The van der Waals surface area contributed by atoms with E-state index in [1.54, 1.807) is 0 Å². The number of amides is 1. The highest BCUT2D eigenvalue weighted by atomic mass is 16.2. The minimum Gasteiger partial charge on any atom is -0.351 e. The van der Waals surface area contributed by atoms with Crippen LogP contribution in [0.15, 0.2) is 0 Å². The van der Waals surface area contributed by atoms with Gasteiger partial charge >= 0.3 is 0 Å². The van der Waals surface area contributed by atoms with Crippen molar-refractivity contribution in [2.45, 2.75) is 51.6 Å². The SMILES string of the molecule is CCCC(C)(N)C(=O)NC1CCN(C)CC1C. The average molecular weight is 241 g/mol. The van der Waals surface area contributed by atoms with Crippen molar-refractivity contribution in [2.24, 2.45) is 11.7 Å². The maximum absolute atomic E-state index is 12.1. The van der Waals surface area contributed by atoms with E-state index in [-0.39, 0.29) is 11.9 Å². The zero-order valence-electron chi connectivity index (χ0n) is 11.6. The molecule has 1 heterocycles. The monoisotopic (exact) mass is 241 g/mol. The Labute approximate surface area is 105 Å². The van der Waals surface area contributed by atoms with Gasteiger partial charge in [0.05, 0.1) is 5.54 Å². The van der Waals surface area contributed by atoms with E-state index in [0.29, 0.717) is 5.92 Å². The Morgan fingerprint density at radius 3 is 2.76 bits per heavy atom. The van der Waals surface area contributed by atoms with Crippen molar-refractivity contribution in [1.29, 1.82) is 0 Å². The van der Waals surface area contributed by atoms with Crippen molar-refractivity contribution < 1.29 is 4.79 Å². The number of carbonyl (C=O) groups is 1. The summed E-state index contributed by atoms with van der Waals surface area (Å²) in [5.74, 6) is 0.496. The number of nitrogens with one attached hydrogen (secondary N) is 1. The summed E-state index contributed by atoms with van der Waals surface area (Å²) in [4.78, 5) is 14.4. The molecule has 1 saturated heterocycles. The van der Waals surface area contributed by atoms with Crippen LogP contribution >= 0.6 is 0 Å². The van der Waals surface area contributed by atoms with Gasteiger partial charge in [0.25, 0.3) is 0 Å². The third-order valence-electron chi connectivity index (χ3n) is 3.71. The smallest absolute Gasteiger partial charge is 0.240 e. The molecule has 0 saturated carbocycles. The molecular weight excluding hydrogens is 214 g/mol. The summed E-state index contributed by atoms with van der Waals surface area (Å²) in [7, 11) is 2.12. The molecular formula is C13H27N3O. The molecule has 17 heavy (non-hydrogen) atoms. The van der Waals surface area contributed by atoms with Crippen LogP contribution in [0.5, 0.6) is 0 Å². The third-order valence-corrected chi connectivity index (χ3v) is 3.71. The van der Waals surface area contributed by atoms with Crippen LogP contribution in [-0.4, -0.2) is 42.5 Å². The van der Waals surface area contributed by atoms with E-state index < -0.39 is 5.54 Å². The predicted molar refractivity (Wildman–Crippen MR) is 70.7 cm³/mol. The minimum atomic E-state index is -0.724. The van der Waals surface area contributed by atoms with Gasteiger partial charge in [0.15, 0.2) is 0 Å². The molecule has 0 radical (unpaired) electrons. The fraction of sp³-hybridized carbons (Fsp3) is 0.923. The molecule has 1 aliphatic heterocycles. The molecule has 4 heteroatoms. The van der Waals surface area contributed by atoms with Crippen LogP contribution in [0.3, 0.4) is 0 Å². The highest BCUT2D eigenvalue weighted by Gasteiger charge is 2.32. The maximum Gasteiger partial charge on any atom is 0.240 e. The molecule has 1 amide bonds. The van der Waals surface area contributed by atoms with Crippen molar-refractivity contribution in [2.75, 3.05) is 20.1 Å². The summed E-state index contributed by atoms with van der Waals surface area (Å²) in [6, 6.07) is 0.276. The molecule has 0 aliphatic carbocycles. The molecule has 3 N–H and O–H groups in total. The summed E-state index contributed by atoms with van der Waals surface area (Å²) in [6.07, 6.45) is 2.69. The van der Waals surface area contributed by atoms with E-state index in [1.807, 2.05) is 6.92 Å². The van der Waals surface area contributed by atoms with Crippen molar-refractivity contribution in [3.05, 3.63) is 0 Å². The highest BCUT2D eigenvalue weighted by Crippen LogP contribution is 2.17. The van der Waals surface area contributed by atoms with Gasteiger partial charge < -0.3 is 16.0 Å². The zero-order chi connectivity index (χ0) is 13.1. The molecule has 0 spiro atoms. The Morgan fingerprint density at radius 2 is 2.24 bits per heavy atom. The minimum absolute atomic E-state index is 0.000697. The molecule has 0 bridgehead atoms. The predicted octanol–water partition coefficient (Wildman–Crippen LogP) is 0.960.